The minimum atomic E-state index is -1.01. The molecule has 0 aliphatic carbocycles. The van der Waals surface area contributed by atoms with Crippen LogP contribution in [-0.2, 0) is 30.4 Å². The summed E-state index contributed by atoms with van der Waals surface area (Å²) < 4.78 is 5.21. The number of nitrogens with zero attached hydrogens (tertiary/aromatic N) is 1. The summed E-state index contributed by atoms with van der Waals surface area (Å²) in [5.74, 6) is -1.40. The van der Waals surface area contributed by atoms with Crippen LogP contribution in [0.1, 0.15) is 46.6 Å². The maximum atomic E-state index is 13.5. The first-order valence-corrected chi connectivity index (χ1v) is 15.3. The van der Waals surface area contributed by atoms with Crippen molar-refractivity contribution >= 4 is 41.3 Å². The number of ether oxygens (including phenoxy) is 1. The Morgan fingerprint density at radius 2 is 1.59 bits per heavy atom. The van der Waals surface area contributed by atoms with Crippen LogP contribution in [0, 0.1) is 11.8 Å². The first kappa shape index (κ1) is 33.9. The molecule has 1 aliphatic rings. The van der Waals surface area contributed by atoms with Gasteiger partial charge in [-0.05, 0) is 49.1 Å². The van der Waals surface area contributed by atoms with Crippen LogP contribution < -0.4 is 26.0 Å². The summed E-state index contributed by atoms with van der Waals surface area (Å²) in [6.07, 6.45) is 2.28. The average molecular weight is 592 g/mol. The Bertz CT molecular complexity index is 1060. The first-order chi connectivity index (χ1) is 19.3. The van der Waals surface area contributed by atoms with Gasteiger partial charge in [0.25, 0.3) is 0 Å². The summed E-state index contributed by atoms with van der Waals surface area (Å²) in [5, 5.41) is 11.2. The van der Waals surface area contributed by atoms with Crippen molar-refractivity contribution in [2.45, 2.75) is 71.6 Å². The second-order valence-corrected chi connectivity index (χ2v) is 12.0. The molecule has 0 bridgehead atoms. The summed E-state index contributed by atoms with van der Waals surface area (Å²) in [5.41, 5.74) is 0.772. The highest BCUT2D eigenvalue weighted by atomic mass is 32.2. The fourth-order valence-electron chi connectivity index (χ4n) is 4.41. The molecule has 1 aliphatic heterocycles. The molecular formula is C29H45N5O6S. The maximum Gasteiger partial charge on any atom is 0.243 e. The van der Waals surface area contributed by atoms with Crippen molar-refractivity contribution < 1.29 is 28.7 Å². The van der Waals surface area contributed by atoms with Gasteiger partial charge in [0.15, 0.2) is 0 Å². The van der Waals surface area contributed by atoms with Gasteiger partial charge in [-0.1, -0.05) is 39.8 Å². The van der Waals surface area contributed by atoms with Gasteiger partial charge in [0.05, 0.1) is 19.4 Å². The fourth-order valence-corrected chi connectivity index (χ4v) is 4.84. The number of benzene rings is 1. The number of hydrogen-bond donors (Lipinski definition) is 4. The maximum absolute atomic E-state index is 13.5. The van der Waals surface area contributed by atoms with Gasteiger partial charge in [-0.2, -0.15) is 11.8 Å². The largest absolute Gasteiger partial charge is 0.497 e. The Morgan fingerprint density at radius 3 is 2.15 bits per heavy atom. The molecule has 0 unspecified atom stereocenters. The minimum absolute atomic E-state index is 0.0587. The van der Waals surface area contributed by atoms with Gasteiger partial charge in [-0.15, -0.1) is 0 Å². The van der Waals surface area contributed by atoms with Crippen molar-refractivity contribution in [1.82, 2.24) is 26.2 Å². The zero-order valence-electron chi connectivity index (χ0n) is 25.1. The van der Waals surface area contributed by atoms with E-state index in [1.807, 2.05) is 27.7 Å². The van der Waals surface area contributed by atoms with E-state index >= 15 is 0 Å². The van der Waals surface area contributed by atoms with Gasteiger partial charge in [-0.25, -0.2) is 0 Å². The van der Waals surface area contributed by atoms with Crippen molar-refractivity contribution in [2.75, 3.05) is 32.2 Å². The van der Waals surface area contributed by atoms with E-state index in [0.717, 1.165) is 5.56 Å². The van der Waals surface area contributed by atoms with Crippen LogP contribution in [0.15, 0.2) is 24.3 Å². The number of carbonyl (C=O) groups is 5. The van der Waals surface area contributed by atoms with Crippen LogP contribution in [0.4, 0.5) is 0 Å². The number of rotatable bonds is 8. The van der Waals surface area contributed by atoms with Gasteiger partial charge in [0.1, 0.15) is 23.9 Å². The molecule has 12 heteroatoms. The summed E-state index contributed by atoms with van der Waals surface area (Å²) in [4.78, 5) is 67.6. The monoisotopic (exact) mass is 591 g/mol. The van der Waals surface area contributed by atoms with Gasteiger partial charge < -0.3 is 30.9 Å². The van der Waals surface area contributed by atoms with E-state index in [9.17, 15) is 24.0 Å². The van der Waals surface area contributed by atoms with Crippen molar-refractivity contribution in [3.8, 4) is 5.75 Å². The summed E-state index contributed by atoms with van der Waals surface area (Å²) >= 11 is 1.34. The van der Waals surface area contributed by atoms with E-state index in [1.54, 1.807) is 44.6 Å². The third-order valence-corrected chi connectivity index (χ3v) is 7.38. The lowest BCUT2D eigenvalue weighted by molar-refractivity contribution is -0.136. The number of methoxy groups -OCH3 is 1. The van der Waals surface area contributed by atoms with E-state index in [1.165, 1.54) is 16.7 Å². The molecule has 0 saturated carbocycles. The van der Waals surface area contributed by atoms with Crippen LogP contribution in [0.3, 0.4) is 0 Å². The van der Waals surface area contributed by atoms with Gasteiger partial charge in [-0.3, -0.25) is 24.0 Å². The standard InChI is InChI=1S/C29H45N5O6S/c1-17(2)12-22-29(39)32-23(13-20-8-10-21(40-6)11-9-20)28(38)30-19(5)27(37)33-24(18(3)4)14-34(15-25(35)31-22)26(36)16-41-7/h8-11,17-19,22-24H,12-16H2,1-7H3,(H,30,38)(H,31,35)(H,32,39)(H,33,37)/t19-,22+,23+,24-/m1/s1. The molecule has 11 nitrogen and oxygen atoms in total. The smallest absolute Gasteiger partial charge is 0.243 e. The molecule has 0 radical (unpaired) electrons. The molecule has 2 rings (SSSR count). The predicted octanol–water partition coefficient (Wildman–Crippen LogP) is 1.10. The predicted molar refractivity (Wildman–Crippen MR) is 159 cm³/mol. The van der Waals surface area contributed by atoms with E-state index in [2.05, 4.69) is 21.3 Å². The summed E-state index contributed by atoms with van der Waals surface area (Å²) in [6.45, 7) is 9.09. The highest BCUT2D eigenvalue weighted by Crippen LogP contribution is 2.14. The molecule has 41 heavy (non-hydrogen) atoms. The third-order valence-electron chi connectivity index (χ3n) is 6.85. The zero-order valence-corrected chi connectivity index (χ0v) is 25.9. The van der Waals surface area contributed by atoms with Crippen LogP contribution in [0.25, 0.3) is 0 Å². The lowest BCUT2D eigenvalue weighted by Crippen LogP contribution is -2.57. The number of carbonyl (C=O) groups excluding carboxylic acids is 5. The molecule has 0 aromatic heterocycles. The second kappa shape index (κ2) is 16.2. The number of nitrogens with one attached hydrogen (secondary N) is 4. The molecule has 1 aromatic carbocycles. The van der Waals surface area contributed by atoms with Gasteiger partial charge in [0, 0.05) is 19.0 Å². The molecule has 1 aromatic rings. The molecule has 4 N–H and O–H groups in total. The second-order valence-electron chi connectivity index (χ2n) is 11.2. The molecule has 1 fully saturated rings. The number of thioether (sulfide) groups is 1. The highest BCUT2D eigenvalue weighted by molar-refractivity contribution is 7.99. The molecule has 228 valence electrons. The van der Waals surface area contributed by atoms with Crippen LogP contribution >= 0.6 is 11.8 Å². The van der Waals surface area contributed by atoms with Crippen molar-refractivity contribution in [3.63, 3.8) is 0 Å². The van der Waals surface area contributed by atoms with Gasteiger partial charge >= 0.3 is 0 Å². The van der Waals surface area contributed by atoms with E-state index in [4.69, 9.17) is 4.74 Å². The van der Waals surface area contributed by atoms with Crippen molar-refractivity contribution in [3.05, 3.63) is 29.8 Å². The third kappa shape index (κ3) is 10.9. The lowest BCUT2D eigenvalue weighted by atomic mass is 10.0. The Morgan fingerprint density at radius 1 is 0.951 bits per heavy atom. The zero-order chi connectivity index (χ0) is 30.7. The SMILES string of the molecule is COc1ccc(C[C@@H]2NC(=O)[C@H](CC(C)C)NC(=O)CN(C(=O)CSC)C[C@H](C(C)C)NC(=O)[C@@H](C)NC2=O)cc1. The number of amides is 5. The Hall–Kier alpha value is -3.28. The summed E-state index contributed by atoms with van der Waals surface area (Å²) in [6, 6.07) is 3.80. The first-order valence-electron chi connectivity index (χ1n) is 13.9. The van der Waals surface area contributed by atoms with E-state index in [0.29, 0.717) is 12.2 Å². The van der Waals surface area contributed by atoms with Crippen LogP contribution in [0.5, 0.6) is 5.75 Å². The molecular weight excluding hydrogens is 546 g/mol. The Labute approximate surface area is 247 Å². The van der Waals surface area contributed by atoms with E-state index in [-0.39, 0.29) is 43.0 Å². The van der Waals surface area contributed by atoms with Crippen LogP contribution in [-0.4, -0.2) is 90.8 Å². The lowest BCUT2D eigenvalue weighted by Gasteiger charge is -2.31. The molecule has 4 atom stereocenters. The Kier molecular flexibility index (Phi) is 13.4. The summed E-state index contributed by atoms with van der Waals surface area (Å²) in [7, 11) is 1.56. The molecule has 0 spiro atoms. The molecule has 5 amide bonds. The van der Waals surface area contributed by atoms with Crippen LogP contribution in [0.2, 0.25) is 0 Å². The quantitative estimate of drug-likeness (QED) is 0.354. The number of hydrogen-bond acceptors (Lipinski definition) is 7. The average Bonchev–Trinajstić information content (AvgIpc) is 2.90. The normalized spacial score (nSPS) is 23.2. The van der Waals surface area contributed by atoms with Gasteiger partial charge in [0.2, 0.25) is 29.5 Å². The van der Waals surface area contributed by atoms with Crippen molar-refractivity contribution in [1.29, 1.82) is 0 Å². The molecule has 1 saturated heterocycles. The fraction of sp³-hybridized carbons (Fsp3) is 0.621. The Balaban J connectivity index is 2.46. The van der Waals surface area contributed by atoms with E-state index < -0.39 is 47.8 Å². The van der Waals surface area contributed by atoms with Crippen molar-refractivity contribution in [2.24, 2.45) is 11.8 Å². The highest BCUT2D eigenvalue weighted by Gasteiger charge is 2.32. The minimum Gasteiger partial charge on any atom is -0.497 e. The topological polar surface area (TPSA) is 146 Å². The molecule has 1 heterocycles.